The number of benzene rings is 1. The second-order valence-electron chi connectivity index (χ2n) is 2.96. The summed E-state index contributed by atoms with van der Waals surface area (Å²) in [6, 6.07) is 2.02. The lowest BCUT2D eigenvalue weighted by molar-refractivity contribution is -0.275. The topological polar surface area (TPSA) is 43.4 Å². The van der Waals surface area contributed by atoms with Gasteiger partial charge in [-0.1, -0.05) is 12.1 Å². The summed E-state index contributed by atoms with van der Waals surface area (Å²) in [5.74, 6) is -1.30. The van der Waals surface area contributed by atoms with Crippen LogP contribution in [0.25, 0.3) is 0 Å². The van der Waals surface area contributed by atoms with E-state index >= 15 is 0 Å². The molecule has 102 valence electrons. The van der Waals surface area contributed by atoms with Crippen LogP contribution in [0.3, 0.4) is 0 Å². The molecule has 0 radical (unpaired) electrons. The molecule has 0 aliphatic heterocycles. The summed E-state index contributed by atoms with van der Waals surface area (Å²) in [5.41, 5.74) is -1.16. The van der Waals surface area contributed by atoms with Crippen molar-refractivity contribution in [2.45, 2.75) is 17.7 Å². The third kappa shape index (κ3) is 3.70. The molecule has 1 aromatic rings. The van der Waals surface area contributed by atoms with Crippen molar-refractivity contribution in [1.82, 2.24) is 0 Å². The first-order valence-electron chi connectivity index (χ1n) is 4.14. The maximum Gasteiger partial charge on any atom is 0.573 e. The van der Waals surface area contributed by atoms with E-state index in [0.717, 1.165) is 6.07 Å². The van der Waals surface area contributed by atoms with Crippen LogP contribution in [0.5, 0.6) is 5.75 Å². The Kier molecular flexibility index (Phi) is 4.06. The number of alkyl halides is 5. The van der Waals surface area contributed by atoms with E-state index in [1.165, 1.54) is 0 Å². The van der Waals surface area contributed by atoms with Crippen LogP contribution in [-0.4, -0.2) is 14.8 Å². The molecule has 0 amide bonds. The predicted octanol–water partition coefficient (Wildman–Crippen LogP) is 3.45. The van der Waals surface area contributed by atoms with Crippen molar-refractivity contribution in [2.75, 3.05) is 0 Å². The zero-order chi connectivity index (χ0) is 14.1. The number of rotatable bonds is 3. The van der Waals surface area contributed by atoms with Crippen molar-refractivity contribution < 1.29 is 35.1 Å². The van der Waals surface area contributed by atoms with Crippen molar-refractivity contribution in [3.63, 3.8) is 0 Å². The van der Waals surface area contributed by atoms with Gasteiger partial charge in [-0.05, 0) is 6.07 Å². The van der Waals surface area contributed by atoms with E-state index < -0.39 is 38.0 Å². The van der Waals surface area contributed by atoms with E-state index in [9.17, 15) is 30.4 Å². The Balaban J connectivity index is 3.49. The van der Waals surface area contributed by atoms with Gasteiger partial charge < -0.3 is 4.74 Å². The Labute approximate surface area is 103 Å². The second-order valence-corrected chi connectivity index (χ2v) is 5.46. The minimum atomic E-state index is -5.23. The lowest BCUT2D eigenvalue weighted by Crippen LogP contribution is -2.19. The summed E-state index contributed by atoms with van der Waals surface area (Å²) >= 11 is 0. The van der Waals surface area contributed by atoms with Gasteiger partial charge in [-0.2, -0.15) is 0 Å². The highest BCUT2D eigenvalue weighted by atomic mass is 35.7. The third-order valence-corrected chi connectivity index (χ3v) is 3.10. The highest BCUT2D eigenvalue weighted by molar-refractivity contribution is 8.13. The number of hydrogen-bond donors (Lipinski definition) is 0. The quantitative estimate of drug-likeness (QED) is 0.634. The maximum absolute atomic E-state index is 12.5. The number of ether oxygens (including phenoxy) is 1. The summed E-state index contributed by atoms with van der Waals surface area (Å²) in [4.78, 5) is -1.39. The van der Waals surface area contributed by atoms with Gasteiger partial charge in [-0.25, -0.2) is 17.2 Å². The van der Waals surface area contributed by atoms with Crippen molar-refractivity contribution in [3.05, 3.63) is 23.8 Å². The molecule has 0 atom stereocenters. The molecule has 1 aromatic carbocycles. The Morgan fingerprint density at radius 1 is 1.22 bits per heavy atom. The fourth-order valence-electron chi connectivity index (χ4n) is 1.17. The molecule has 0 saturated carbocycles. The smallest absolute Gasteiger partial charge is 0.404 e. The molecule has 0 unspecified atom stereocenters. The Morgan fingerprint density at radius 2 is 1.78 bits per heavy atom. The number of halogens is 6. The van der Waals surface area contributed by atoms with Crippen LogP contribution in [0.2, 0.25) is 0 Å². The van der Waals surface area contributed by atoms with Crippen LogP contribution in [0, 0.1) is 0 Å². The molecule has 18 heavy (non-hydrogen) atoms. The van der Waals surface area contributed by atoms with Gasteiger partial charge in [0, 0.05) is 16.2 Å². The van der Waals surface area contributed by atoms with E-state index in [1.807, 2.05) is 0 Å². The molecular formula is C8H4ClF5O3S. The standard InChI is InChI=1S/C8H4ClF5O3S/c9-18(15,16)6-4(7(10)11)2-1-3-5(6)17-8(12,13)14/h1-3,7H. The second kappa shape index (κ2) is 4.88. The van der Waals surface area contributed by atoms with E-state index in [0.29, 0.717) is 12.1 Å². The first-order chi connectivity index (χ1) is 8.02. The van der Waals surface area contributed by atoms with Crippen molar-refractivity contribution >= 4 is 19.7 Å². The van der Waals surface area contributed by atoms with Gasteiger partial charge in [0.2, 0.25) is 0 Å². The molecular weight excluding hydrogens is 307 g/mol. The van der Waals surface area contributed by atoms with Crippen molar-refractivity contribution in [2.24, 2.45) is 0 Å². The summed E-state index contributed by atoms with van der Waals surface area (Å²) in [6.45, 7) is 0. The molecule has 0 spiro atoms. The fraction of sp³-hybridized carbons (Fsp3) is 0.250. The molecule has 3 nitrogen and oxygen atoms in total. The van der Waals surface area contributed by atoms with Crippen LogP contribution >= 0.6 is 10.7 Å². The van der Waals surface area contributed by atoms with Gasteiger partial charge in [-0.3, -0.25) is 0 Å². The molecule has 1 rings (SSSR count). The van der Waals surface area contributed by atoms with E-state index in [4.69, 9.17) is 10.7 Å². The Bertz CT molecular complexity index is 540. The first kappa shape index (κ1) is 15.0. The normalized spacial score (nSPS) is 12.8. The lowest BCUT2D eigenvalue weighted by Gasteiger charge is -2.14. The minimum absolute atomic E-state index is 0.578. The minimum Gasteiger partial charge on any atom is -0.404 e. The Hall–Kier alpha value is -1.09. The monoisotopic (exact) mass is 310 g/mol. The SMILES string of the molecule is O=S(=O)(Cl)c1c(OC(F)(F)F)cccc1C(F)F. The molecule has 0 heterocycles. The van der Waals surface area contributed by atoms with E-state index in [2.05, 4.69) is 4.74 Å². The summed E-state index contributed by atoms with van der Waals surface area (Å²) < 4.78 is 86.5. The van der Waals surface area contributed by atoms with Crippen molar-refractivity contribution in [3.8, 4) is 5.75 Å². The highest BCUT2D eigenvalue weighted by Gasteiger charge is 2.35. The molecule has 10 heteroatoms. The largest absolute Gasteiger partial charge is 0.573 e. The van der Waals surface area contributed by atoms with Crippen molar-refractivity contribution in [1.29, 1.82) is 0 Å². The van der Waals surface area contributed by atoms with Gasteiger partial charge in [-0.15, -0.1) is 13.2 Å². The van der Waals surface area contributed by atoms with Gasteiger partial charge in [0.05, 0.1) is 0 Å². The van der Waals surface area contributed by atoms with Gasteiger partial charge in [0.25, 0.3) is 15.5 Å². The molecule has 0 aromatic heterocycles. The zero-order valence-corrected chi connectivity index (χ0v) is 9.78. The molecule has 0 aliphatic rings. The van der Waals surface area contributed by atoms with E-state index in [-0.39, 0.29) is 0 Å². The average Bonchev–Trinajstić information content (AvgIpc) is 2.12. The molecule has 0 bridgehead atoms. The highest BCUT2D eigenvalue weighted by Crippen LogP contribution is 2.37. The van der Waals surface area contributed by atoms with Gasteiger partial charge in [0.15, 0.2) is 0 Å². The average molecular weight is 311 g/mol. The van der Waals surface area contributed by atoms with Crippen LogP contribution < -0.4 is 4.74 Å². The van der Waals surface area contributed by atoms with Gasteiger partial charge in [0.1, 0.15) is 10.6 Å². The van der Waals surface area contributed by atoms with Gasteiger partial charge >= 0.3 is 6.36 Å². The summed E-state index contributed by atoms with van der Waals surface area (Å²) in [5, 5.41) is 0. The molecule has 0 aliphatic carbocycles. The van der Waals surface area contributed by atoms with Crippen LogP contribution in [0.15, 0.2) is 23.1 Å². The fourth-order valence-corrected chi connectivity index (χ4v) is 2.45. The van der Waals surface area contributed by atoms with Crippen LogP contribution in [-0.2, 0) is 9.05 Å². The maximum atomic E-state index is 12.5. The predicted molar refractivity (Wildman–Crippen MR) is 51.1 cm³/mol. The van der Waals surface area contributed by atoms with Crippen LogP contribution in [0.1, 0.15) is 12.0 Å². The zero-order valence-electron chi connectivity index (χ0n) is 8.21. The lowest BCUT2D eigenvalue weighted by atomic mass is 10.2. The summed E-state index contributed by atoms with van der Waals surface area (Å²) in [6.07, 6.45) is -8.54. The third-order valence-electron chi connectivity index (χ3n) is 1.71. The molecule has 0 saturated heterocycles. The molecule has 0 fully saturated rings. The summed E-state index contributed by atoms with van der Waals surface area (Å²) in [7, 11) is 0.0190. The Morgan fingerprint density at radius 3 is 2.17 bits per heavy atom. The van der Waals surface area contributed by atoms with E-state index in [1.54, 1.807) is 0 Å². The first-order valence-corrected chi connectivity index (χ1v) is 6.45. The molecule has 0 N–H and O–H groups in total. The number of hydrogen-bond acceptors (Lipinski definition) is 3. The van der Waals surface area contributed by atoms with Crippen LogP contribution in [0.4, 0.5) is 22.0 Å².